The van der Waals surface area contributed by atoms with Gasteiger partial charge in [0.05, 0.1) is 25.0 Å². The second-order valence-electron chi connectivity index (χ2n) is 5.86. The van der Waals surface area contributed by atoms with E-state index in [0.717, 1.165) is 24.5 Å². The van der Waals surface area contributed by atoms with Crippen molar-refractivity contribution in [1.82, 2.24) is 9.80 Å². The highest BCUT2D eigenvalue weighted by Crippen LogP contribution is 2.39. The zero-order valence-electron chi connectivity index (χ0n) is 13.9. The van der Waals surface area contributed by atoms with Crippen LogP contribution in [-0.4, -0.2) is 62.1 Å². The molecule has 0 aromatic carbocycles. The molecule has 1 heterocycles. The molecule has 0 bridgehead atoms. The maximum Gasteiger partial charge on any atom is 0.310 e. The number of hydrogen-bond donors (Lipinski definition) is 0. The standard InChI is InChI=1S/C16H26N2O4/c1-5-21-15(19)11-9-13-14(18(4)8-7-17(13)3)10-12(11)16(20)22-6-2/h11-12H,5-10H2,1-4H3/t11-,12-/m1/s1. The summed E-state index contributed by atoms with van der Waals surface area (Å²) in [5, 5.41) is 0. The highest BCUT2D eigenvalue weighted by Gasteiger charge is 2.43. The van der Waals surface area contributed by atoms with Crippen molar-refractivity contribution < 1.29 is 19.1 Å². The van der Waals surface area contributed by atoms with Crippen LogP contribution < -0.4 is 0 Å². The summed E-state index contributed by atoms with van der Waals surface area (Å²) in [5.41, 5.74) is 2.29. The average Bonchev–Trinajstić information content (AvgIpc) is 2.50. The van der Waals surface area contributed by atoms with E-state index in [1.807, 2.05) is 14.1 Å². The third kappa shape index (κ3) is 3.20. The van der Waals surface area contributed by atoms with E-state index >= 15 is 0 Å². The predicted octanol–water partition coefficient (Wildman–Crippen LogP) is 1.23. The molecule has 0 saturated carbocycles. The lowest BCUT2D eigenvalue weighted by molar-refractivity contribution is -0.161. The van der Waals surface area contributed by atoms with Gasteiger partial charge in [0.1, 0.15) is 0 Å². The van der Waals surface area contributed by atoms with Crippen molar-refractivity contribution >= 4 is 11.9 Å². The monoisotopic (exact) mass is 310 g/mol. The van der Waals surface area contributed by atoms with Crippen LogP contribution in [0.5, 0.6) is 0 Å². The summed E-state index contributed by atoms with van der Waals surface area (Å²) in [6.45, 7) is 6.07. The number of carbonyl (C=O) groups is 2. The molecular formula is C16H26N2O4. The van der Waals surface area contributed by atoms with Gasteiger partial charge in [-0.25, -0.2) is 0 Å². The molecule has 0 N–H and O–H groups in total. The first-order chi connectivity index (χ1) is 10.5. The zero-order valence-corrected chi connectivity index (χ0v) is 13.9. The summed E-state index contributed by atoms with van der Waals surface area (Å²) in [4.78, 5) is 29.0. The Morgan fingerprint density at radius 1 is 0.909 bits per heavy atom. The minimum Gasteiger partial charge on any atom is -0.466 e. The Kier molecular flexibility index (Phi) is 5.32. The highest BCUT2D eigenvalue weighted by atomic mass is 16.5. The molecule has 0 fully saturated rings. The normalized spacial score (nSPS) is 24.9. The van der Waals surface area contributed by atoms with E-state index in [-0.39, 0.29) is 11.9 Å². The Morgan fingerprint density at radius 2 is 1.27 bits per heavy atom. The minimum atomic E-state index is -0.452. The number of hydrogen-bond acceptors (Lipinski definition) is 6. The van der Waals surface area contributed by atoms with Gasteiger partial charge in [0.15, 0.2) is 0 Å². The lowest BCUT2D eigenvalue weighted by Crippen LogP contribution is -2.45. The molecule has 0 radical (unpaired) electrons. The van der Waals surface area contributed by atoms with Crippen LogP contribution >= 0.6 is 0 Å². The molecule has 2 aliphatic rings. The number of likely N-dealkylation sites (N-methyl/N-ethyl adjacent to an activating group) is 2. The summed E-state index contributed by atoms with van der Waals surface area (Å²) in [6, 6.07) is 0. The molecule has 2 rings (SSSR count). The molecule has 0 spiro atoms. The van der Waals surface area contributed by atoms with Gasteiger partial charge in [0.25, 0.3) is 0 Å². The third-order valence-corrected chi connectivity index (χ3v) is 4.52. The summed E-state index contributed by atoms with van der Waals surface area (Å²) in [6.07, 6.45) is 1.08. The predicted molar refractivity (Wildman–Crippen MR) is 81.8 cm³/mol. The second kappa shape index (κ2) is 7.03. The number of allylic oxidation sites excluding steroid dienone is 2. The maximum absolute atomic E-state index is 12.3. The Hall–Kier alpha value is -1.72. The Morgan fingerprint density at radius 3 is 1.59 bits per heavy atom. The van der Waals surface area contributed by atoms with Crippen molar-refractivity contribution in [2.24, 2.45) is 11.8 Å². The molecule has 0 amide bonds. The molecule has 6 nitrogen and oxygen atoms in total. The Balaban J connectivity index is 2.30. The lowest BCUT2D eigenvalue weighted by Gasteiger charge is -2.43. The SMILES string of the molecule is CCOC(=O)[C@@H]1CC2=C(C[C@H]1C(=O)OCC)N(C)CCN2C. The third-order valence-electron chi connectivity index (χ3n) is 4.52. The van der Waals surface area contributed by atoms with Crippen LogP contribution in [0.1, 0.15) is 26.7 Å². The summed E-state index contributed by atoms with van der Waals surface area (Å²) >= 11 is 0. The van der Waals surface area contributed by atoms with E-state index in [2.05, 4.69) is 9.80 Å². The lowest BCUT2D eigenvalue weighted by atomic mass is 9.78. The highest BCUT2D eigenvalue weighted by molar-refractivity contribution is 5.83. The molecule has 22 heavy (non-hydrogen) atoms. The molecule has 1 aliphatic heterocycles. The van der Waals surface area contributed by atoms with Gasteiger partial charge < -0.3 is 19.3 Å². The number of carbonyl (C=O) groups excluding carboxylic acids is 2. The number of rotatable bonds is 4. The number of nitrogens with zero attached hydrogens (tertiary/aromatic N) is 2. The fourth-order valence-corrected chi connectivity index (χ4v) is 3.25. The van der Waals surface area contributed by atoms with E-state index in [1.165, 1.54) is 0 Å². The van der Waals surface area contributed by atoms with Gasteiger partial charge >= 0.3 is 11.9 Å². The van der Waals surface area contributed by atoms with Crippen molar-refractivity contribution in [2.45, 2.75) is 26.7 Å². The molecular weight excluding hydrogens is 284 g/mol. The topological polar surface area (TPSA) is 59.1 Å². The van der Waals surface area contributed by atoms with Crippen molar-refractivity contribution in [3.05, 3.63) is 11.4 Å². The second-order valence-corrected chi connectivity index (χ2v) is 5.86. The van der Waals surface area contributed by atoms with Crippen LogP contribution in [0.3, 0.4) is 0 Å². The summed E-state index contributed by atoms with van der Waals surface area (Å²) in [7, 11) is 4.07. The van der Waals surface area contributed by atoms with Crippen LogP contribution in [0.25, 0.3) is 0 Å². The van der Waals surface area contributed by atoms with Crippen LogP contribution in [-0.2, 0) is 19.1 Å². The molecule has 0 aromatic rings. The molecule has 2 atom stereocenters. The first-order valence-corrected chi connectivity index (χ1v) is 7.97. The van der Waals surface area contributed by atoms with E-state index < -0.39 is 11.8 Å². The van der Waals surface area contributed by atoms with Crippen molar-refractivity contribution in [2.75, 3.05) is 40.4 Å². The van der Waals surface area contributed by atoms with Gasteiger partial charge in [0.2, 0.25) is 0 Å². The van der Waals surface area contributed by atoms with Gasteiger partial charge in [-0.1, -0.05) is 0 Å². The van der Waals surface area contributed by atoms with Crippen LogP contribution in [0.15, 0.2) is 11.4 Å². The first-order valence-electron chi connectivity index (χ1n) is 7.97. The smallest absolute Gasteiger partial charge is 0.310 e. The van der Waals surface area contributed by atoms with Gasteiger partial charge in [-0.2, -0.15) is 0 Å². The van der Waals surface area contributed by atoms with Crippen LogP contribution in [0, 0.1) is 11.8 Å². The van der Waals surface area contributed by atoms with E-state index in [4.69, 9.17) is 9.47 Å². The number of ether oxygens (including phenoxy) is 2. The van der Waals surface area contributed by atoms with Crippen molar-refractivity contribution in [3.8, 4) is 0 Å². The minimum absolute atomic E-state index is 0.297. The zero-order chi connectivity index (χ0) is 16.3. The van der Waals surface area contributed by atoms with Crippen molar-refractivity contribution in [3.63, 3.8) is 0 Å². The van der Waals surface area contributed by atoms with Gasteiger partial charge in [0, 0.05) is 51.4 Å². The molecule has 124 valence electrons. The molecule has 0 aromatic heterocycles. The quantitative estimate of drug-likeness (QED) is 0.728. The summed E-state index contributed by atoms with van der Waals surface area (Å²) in [5.74, 6) is -1.50. The van der Waals surface area contributed by atoms with Gasteiger partial charge in [-0.3, -0.25) is 9.59 Å². The molecule has 0 saturated heterocycles. The van der Waals surface area contributed by atoms with Crippen LogP contribution in [0.2, 0.25) is 0 Å². The Bertz CT molecular complexity index is 433. The molecule has 1 aliphatic carbocycles. The summed E-state index contributed by atoms with van der Waals surface area (Å²) < 4.78 is 10.4. The molecule has 6 heteroatoms. The van der Waals surface area contributed by atoms with Crippen molar-refractivity contribution in [1.29, 1.82) is 0 Å². The fourth-order valence-electron chi connectivity index (χ4n) is 3.25. The first kappa shape index (κ1) is 16.6. The van der Waals surface area contributed by atoms with E-state index in [1.54, 1.807) is 13.8 Å². The fraction of sp³-hybridized carbons (Fsp3) is 0.750. The van der Waals surface area contributed by atoms with E-state index in [9.17, 15) is 9.59 Å². The van der Waals surface area contributed by atoms with Gasteiger partial charge in [-0.05, 0) is 13.8 Å². The van der Waals surface area contributed by atoms with Crippen LogP contribution in [0.4, 0.5) is 0 Å². The van der Waals surface area contributed by atoms with E-state index in [0.29, 0.717) is 26.1 Å². The Labute approximate surface area is 132 Å². The number of esters is 2. The maximum atomic E-state index is 12.3. The molecule has 0 unspecified atom stereocenters. The average molecular weight is 310 g/mol. The van der Waals surface area contributed by atoms with Gasteiger partial charge in [-0.15, -0.1) is 0 Å². The largest absolute Gasteiger partial charge is 0.466 e.